The fourth-order valence-electron chi connectivity index (χ4n) is 2.76. The van der Waals surface area contributed by atoms with Crippen LogP contribution in [0.5, 0.6) is 0 Å². The van der Waals surface area contributed by atoms with E-state index in [1.165, 1.54) is 33.3 Å². The molecule has 0 saturated heterocycles. The van der Waals surface area contributed by atoms with Crippen molar-refractivity contribution in [1.82, 2.24) is 4.57 Å². The first-order valence-electron chi connectivity index (χ1n) is 7.63. The summed E-state index contributed by atoms with van der Waals surface area (Å²) < 4.78 is 2.25. The Morgan fingerprint density at radius 1 is 0.920 bits per heavy atom. The van der Waals surface area contributed by atoms with Gasteiger partial charge >= 0.3 is 26.2 Å². The van der Waals surface area contributed by atoms with Crippen molar-refractivity contribution in [3.63, 3.8) is 0 Å². The molecule has 0 bridgehead atoms. The second kappa shape index (κ2) is 10.3. The third-order valence-electron chi connectivity index (χ3n) is 3.86. The summed E-state index contributed by atoms with van der Waals surface area (Å²) in [5.74, 6) is 0. The number of aromatic nitrogens is 1. The van der Waals surface area contributed by atoms with Gasteiger partial charge in [-0.2, -0.15) is 17.7 Å². The predicted octanol–water partition coefficient (Wildman–Crippen LogP) is -0.314. The van der Waals surface area contributed by atoms with Gasteiger partial charge in [0.15, 0.2) is 0 Å². The van der Waals surface area contributed by atoms with Crippen molar-refractivity contribution in [3.8, 4) is 5.69 Å². The summed E-state index contributed by atoms with van der Waals surface area (Å²) in [6.45, 7) is 6.36. The van der Waals surface area contributed by atoms with Crippen LogP contribution in [-0.2, 0) is 26.2 Å². The molecular formula is C21H21F2NZr. The maximum Gasteiger partial charge on any atom is 4.00 e. The van der Waals surface area contributed by atoms with Crippen LogP contribution < -0.4 is 9.41 Å². The molecule has 128 valence electrons. The van der Waals surface area contributed by atoms with Gasteiger partial charge in [-0.15, -0.1) is 41.1 Å². The Labute approximate surface area is 166 Å². The summed E-state index contributed by atoms with van der Waals surface area (Å²) in [4.78, 5) is 0. The van der Waals surface area contributed by atoms with Gasteiger partial charge in [0.25, 0.3) is 0 Å². The minimum atomic E-state index is 0. The minimum absolute atomic E-state index is 0. The van der Waals surface area contributed by atoms with Gasteiger partial charge in [-0.05, 0) is 31.2 Å². The van der Waals surface area contributed by atoms with Gasteiger partial charge in [0.1, 0.15) is 0 Å². The van der Waals surface area contributed by atoms with Crippen LogP contribution in [0.15, 0.2) is 72.9 Å². The Bertz CT molecular complexity index is 839. The van der Waals surface area contributed by atoms with Gasteiger partial charge in [0.2, 0.25) is 0 Å². The van der Waals surface area contributed by atoms with Crippen LogP contribution in [-0.4, -0.2) is 4.57 Å². The summed E-state index contributed by atoms with van der Waals surface area (Å²) in [5, 5.41) is 2.62. The van der Waals surface area contributed by atoms with Crippen molar-refractivity contribution in [2.45, 2.75) is 20.8 Å². The van der Waals surface area contributed by atoms with Crippen molar-refractivity contribution in [2.75, 3.05) is 0 Å². The zero-order chi connectivity index (χ0) is 15.5. The molecule has 0 atom stereocenters. The molecule has 0 radical (unpaired) electrons. The number of hydrogen-bond donors (Lipinski definition) is 0. The van der Waals surface area contributed by atoms with E-state index in [-0.39, 0.29) is 35.6 Å². The van der Waals surface area contributed by atoms with Crippen LogP contribution in [0.2, 0.25) is 0 Å². The number of benzene rings is 1. The van der Waals surface area contributed by atoms with Crippen LogP contribution >= 0.6 is 0 Å². The maximum absolute atomic E-state index is 2.25. The molecule has 0 amide bonds. The Morgan fingerprint density at radius 3 is 2.04 bits per heavy atom. The molecule has 0 unspecified atom stereocenters. The molecular weight excluding hydrogens is 395 g/mol. The quantitative estimate of drug-likeness (QED) is 0.375. The van der Waals surface area contributed by atoms with E-state index >= 15 is 0 Å². The van der Waals surface area contributed by atoms with Crippen LogP contribution in [0.4, 0.5) is 0 Å². The SMILES string of the molecule is C[c-]1cccc1.Cc1cc(C)n(-c2cc3ccccc3[cH-]2)c1.[F-].[F-].[Zr+4]. The molecule has 0 saturated carbocycles. The topological polar surface area (TPSA) is 4.93 Å². The van der Waals surface area contributed by atoms with E-state index in [4.69, 9.17) is 0 Å². The zero-order valence-electron chi connectivity index (χ0n) is 14.6. The van der Waals surface area contributed by atoms with Crippen LogP contribution in [0.1, 0.15) is 16.8 Å². The normalized spacial score (nSPS) is 9.24. The monoisotopic (exact) mass is 415 g/mol. The van der Waals surface area contributed by atoms with E-state index in [1.54, 1.807) is 0 Å². The molecule has 4 heteroatoms. The van der Waals surface area contributed by atoms with Crippen molar-refractivity contribution in [1.29, 1.82) is 0 Å². The van der Waals surface area contributed by atoms with E-state index in [0.29, 0.717) is 0 Å². The first-order valence-corrected chi connectivity index (χ1v) is 7.63. The molecule has 4 rings (SSSR count). The minimum Gasteiger partial charge on any atom is -1.00 e. The number of fused-ring (bicyclic) bond motifs is 1. The van der Waals surface area contributed by atoms with E-state index < -0.39 is 0 Å². The first-order chi connectivity index (χ1) is 10.6. The number of nitrogens with zero attached hydrogens (tertiary/aromatic N) is 1. The molecule has 1 heterocycles. The van der Waals surface area contributed by atoms with Crippen molar-refractivity contribution in [2.24, 2.45) is 0 Å². The van der Waals surface area contributed by atoms with Crippen LogP contribution in [0.25, 0.3) is 16.5 Å². The van der Waals surface area contributed by atoms with Crippen LogP contribution in [0, 0.1) is 20.8 Å². The van der Waals surface area contributed by atoms with Gasteiger partial charge in [0.05, 0.1) is 0 Å². The summed E-state index contributed by atoms with van der Waals surface area (Å²) >= 11 is 0. The van der Waals surface area contributed by atoms with Crippen molar-refractivity contribution in [3.05, 3.63) is 89.7 Å². The molecule has 0 aliphatic rings. The van der Waals surface area contributed by atoms with Gasteiger partial charge in [-0.1, -0.05) is 13.0 Å². The fraction of sp³-hybridized carbons (Fsp3) is 0.143. The Morgan fingerprint density at radius 2 is 1.56 bits per heavy atom. The molecule has 3 aromatic carbocycles. The van der Waals surface area contributed by atoms with E-state index in [0.717, 1.165) is 0 Å². The Balaban J connectivity index is 0.000000556. The third-order valence-corrected chi connectivity index (χ3v) is 3.86. The standard InChI is InChI=1S/C15H14N.C6H7.2FH.Zr/c1-11-7-12(2)16(10-11)15-8-13-5-3-4-6-14(13)9-15;1-6-4-2-3-5-6;;;/h3-10H,1-2H3;2-5H,1H3;2*1H;/q2*-1;;;+4/p-2. The van der Waals surface area contributed by atoms with E-state index in [1.807, 2.05) is 12.1 Å². The number of halogens is 2. The van der Waals surface area contributed by atoms with E-state index in [2.05, 4.69) is 86.1 Å². The molecule has 1 nitrogen and oxygen atoms in total. The second-order valence-electron chi connectivity index (χ2n) is 5.83. The van der Waals surface area contributed by atoms with Gasteiger partial charge in [-0.3, -0.25) is 0 Å². The second-order valence-corrected chi connectivity index (χ2v) is 5.83. The molecule has 4 aromatic rings. The molecule has 25 heavy (non-hydrogen) atoms. The maximum atomic E-state index is 2.25. The fourth-order valence-corrected chi connectivity index (χ4v) is 2.76. The third kappa shape index (κ3) is 5.61. The zero-order valence-corrected chi connectivity index (χ0v) is 17.1. The average Bonchev–Trinajstić information content (AvgIpc) is 3.19. The number of hydrogen-bond acceptors (Lipinski definition) is 0. The smallest absolute Gasteiger partial charge is 1.00 e. The molecule has 0 spiro atoms. The largest absolute Gasteiger partial charge is 4.00 e. The summed E-state index contributed by atoms with van der Waals surface area (Å²) in [6.07, 6.45) is 2.18. The summed E-state index contributed by atoms with van der Waals surface area (Å²) in [6, 6.07) is 23.4. The van der Waals surface area contributed by atoms with E-state index in [9.17, 15) is 0 Å². The van der Waals surface area contributed by atoms with Gasteiger partial charge in [0, 0.05) is 11.9 Å². The molecule has 0 fully saturated rings. The molecule has 1 aromatic heterocycles. The van der Waals surface area contributed by atoms with Crippen molar-refractivity contribution < 1.29 is 35.6 Å². The average molecular weight is 417 g/mol. The number of rotatable bonds is 1. The Hall–Kier alpha value is -1.80. The van der Waals surface area contributed by atoms with Gasteiger partial charge in [-0.25, -0.2) is 12.1 Å². The molecule has 0 aliphatic carbocycles. The number of aryl methyl sites for hydroxylation is 3. The summed E-state index contributed by atoms with van der Waals surface area (Å²) in [5.41, 5.74) is 5.19. The van der Waals surface area contributed by atoms with Crippen LogP contribution in [0.3, 0.4) is 0 Å². The first kappa shape index (κ1) is 23.2. The molecule has 0 N–H and O–H groups in total. The summed E-state index contributed by atoms with van der Waals surface area (Å²) in [7, 11) is 0. The predicted molar refractivity (Wildman–Crippen MR) is 95.1 cm³/mol. The molecule has 0 aliphatic heterocycles. The van der Waals surface area contributed by atoms with Crippen molar-refractivity contribution >= 4 is 10.8 Å². The van der Waals surface area contributed by atoms with Gasteiger partial charge < -0.3 is 14.0 Å². The Kier molecular flexibility index (Phi) is 9.52.